The van der Waals surface area contributed by atoms with Gasteiger partial charge in [0.25, 0.3) is 0 Å². The van der Waals surface area contributed by atoms with Crippen LogP contribution in [-0.4, -0.2) is 6.79 Å². The molecule has 0 radical (unpaired) electrons. The van der Waals surface area contributed by atoms with Crippen LogP contribution in [0.25, 0.3) is 5.57 Å². The molecule has 2 aromatic rings. The van der Waals surface area contributed by atoms with E-state index in [2.05, 4.69) is 56.3 Å². The SMILES string of the molecule is C=O.Cc1cccc(CC[C@H](C)c2ccc(C3=CCCC=C3)c(F)c2)c1.[HH]. The maximum atomic E-state index is 14.5. The van der Waals surface area contributed by atoms with Crippen LogP contribution in [0, 0.1) is 12.7 Å². The standard InChI is InChI=1S/C23H25F.CH2O.H2/c1-17-7-6-8-19(15-17)12-11-18(2)21-13-14-22(23(24)16-21)20-9-4-3-5-10-20;1-2;/h4,6-10,13-16,18H,3,5,11-12H2,1-2H3;1H2;1H/t18-;;/m0../s1. The Bertz CT molecular complexity index is 795. The molecule has 2 aromatic carbocycles. The van der Waals surface area contributed by atoms with Crippen molar-refractivity contribution in [3.05, 3.63) is 88.8 Å². The van der Waals surface area contributed by atoms with E-state index in [9.17, 15) is 4.39 Å². The molecule has 0 N–H and O–H groups in total. The summed E-state index contributed by atoms with van der Waals surface area (Å²) in [6.45, 7) is 6.31. The number of allylic oxidation sites excluding steroid dienone is 4. The second-order valence-corrected chi connectivity index (χ2v) is 6.81. The van der Waals surface area contributed by atoms with E-state index in [1.165, 1.54) is 11.1 Å². The molecule has 0 spiro atoms. The van der Waals surface area contributed by atoms with Crippen molar-refractivity contribution >= 4 is 12.4 Å². The molecule has 1 aliphatic rings. The molecule has 0 unspecified atom stereocenters. The van der Waals surface area contributed by atoms with Gasteiger partial charge in [-0.2, -0.15) is 0 Å². The van der Waals surface area contributed by atoms with Gasteiger partial charge in [0.2, 0.25) is 0 Å². The Labute approximate surface area is 157 Å². The lowest BCUT2D eigenvalue weighted by molar-refractivity contribution is -0.0979. The lowest BCUT2D eigenvalue weighted by Crippen LogP contribution is -1.99. The molecular weight excluding hydrogens is 323 g/mol. The number of benzene rings is 2. The minimum atomic E-state index is -0.104. The van der Waals surface area contributed by atoms with Crippen molar-refractivity contribution in [1.82, 2.24) is 0 Å². The summed E-state index contributed by atoms with van der Waals surface area (Å²) in [6.07, 6.45) is 10.4. The molecule has 0 bridgehead atoms. The van der Waals surface area contributed by atoms with Crippen molar-refractivity contribution in [2.45, 2.75) is 45.4 Å². The van der Waals surface area contributed by atoms with Crippen LogP contribution in [0.3, 0.4) is 0 Å². The van der Waals surface area contributed by atoms with Crippen LogP contribution in [0.15, 0.2) is 60.7 Å². The number of carbonyl (C=O) groups is 1. The smallest absolute Gasteiger partial charge is 0.131 e. The van der Waals surface area contributed by atoms with Gasteiger partial charge >= 0.3 is 0 Å². The van der Waals surface area contributed by atoms with Crippen LogP contribution in [0.1, 0.15) is 55.8 Å². The molecular formula is C24H29FO. The topological polar surface area (TPSA) is 17.1 Å². The van der Waals surface area contributed by atoms with E-state index in [0.29, 0.717) is 5.92 Å². The Morgan fingerprint density at radius 3 is 2.62 bits per heavy atom. The van der Waals surface area contributed by atoms with E-state index >= 15 is 0 Å². The van der Waals surface area contributed by atoms with Crippen LogP contribution in [0.5, 0.6) is 0 Å². The van der Waals surface area contributed by atoms with Crippen LogP contribution >= 0.6 is 0 Å². The summed E-state index contributed by atoms with van der Waals surface area (Å²) in [7, 11) is 0. The Morgan fingerprint density at radius 1 is 1.15 bits per heavy atom. The fraction of sp³-hybridized carbons (Fsp3) is 0.292. The van der Waals surface area contributed by atoms with Gasteiger partial charge in [-0.3, -0.25) is 0 Å². The fourth-order valence-electron chi connectivity index (χ4n) is 3.30. The highest BCUT2D eigenvalue weighted by Gasteiger charge is 2.12. The van der Waals surface area contributed by atoms with Crippen molar-refractivity contribution < 1.29 is 10.6 Å². The molecule has 0 saturated carbocycles. The third kappa shape index (κ3) is 5.26. The lowest BCUT2D eigenvalue weighted by Gasteiger charge is -2.15. The summed E-state index contributed by atoms with van der Waals surface area (Å²) < 4.78 is 14.5. The third-order valence-corrected chi connectivity index (χ3v) is 4.82. The lowest BCUT2D eigenvalue weighted by atomic mass is 9.91. The predicted molar refractivity (Wildman–Crippen MR) is 110 cm³/mol. The van der Waals surface area contributed by atoms with Crippen LogP contribution in [0.4, 0.5) is 4.39 Å². The fourth-order valence-corrected chi connectivity index (χ4v) is 3.30. The number of halogens is 1. The zero-order valence-electron chi connectivity index (χ0n) is 15.7. The van der Waals surface area contributed by atoms with Gasteiger partial charge in [-0.1, -0.05) is 67.1 Å². The highest BCUT2D eigenvalue weighted by molar-refractivity contribution is 5.75. The Hall–Kier alpha value is -2.48. The zero-order valence-corrected chi connectivity index (χ0v) is 15.7. The van der Waals surface area contributed by atoms with E-state index in [4.69, 9.17) is 4.79 Å². The van der Waals surface area contributed by atoms with Crippen LogP contribution in [0.2, 0.25) is 0 Å². The number of aryl methyl sites for hydroxylation is 2. The minimum absolute atomic E-state index is 0. The van der Waals surface area contributed by atoms with Crippen molar-refractivity contribution in [2.24, 2.45) is 0 Å². The molecule has 1 atom stereocenters. The second-order valence-electron chi connectivity index (χ2n) is 6.81. The summed E-state index contributed by atoms with van der Waals surface area (Å²) in [6, 6.07) is 14.4. The van der Waals surface area contributed by atoms with Crippen molar-refractivity contribution in [3.8, 4) is 0 Å². The molecule has 138 valence electrons. The summed E-state index contributed by atoms with van der Waals surface area (Å²) in [5, 5.41) is 0. The van der Waals surface area contributed by atoms with E-state index < -0.39 is 0 Å². The number of rotatable bonds is 5. The number of carbonyl (C=O) groups excluding carboxylic acids is 1. The maximum absolute atomic E-state index is 14.5. The third-order valence-electron chi connectivity index (χ3n) is 4.82. The average Bonchev–Trinajstić information content (AvgIpc) is 2.68. The van der Waals surface area contributed by atoms with Gasteiger partial charge in [0.15, 0.2) is 0 Å². The molecule has 1 nitrogen and oxygen atoms in total. The largest absolute Gasteiger partial charge is 0.307 e. The molecule has 1 aliphatic carbocycles. The van der Waals surface area contributed by atoms with Gasteiger partial charge in [0, 0.05) is 6.99 Å². The Balaban J connectivity index is 0.00000118. The number of hydrogen-bond donors (Lipinski definition) is 0. The number of hydrogen-bond acceptors (Lipinski definition) is 1. The van der Waals surface area contributed by atoms with Gasteiger partial charge in [-0.15, -0.1) is 0 Å². The normalized spacial score (nSPS) is 14.2. The van der Waals surface area contributed by atoms with E-state index in [-0.39, 0.29) is 7.24 Å². The summed E-state index contributed by atoms with van der Waals surface area (Å²) in [4.78, 5) is 8.00. The molecule has 26 heavy (non-hydrogen) atoms. The minimum Gasteiger partial charge on any atom is -0.307 e. The van der Waals surface area contributed by atoms with E-state index in [1.54, 1.807) is 6.07 Å². The highest BCUT2D eigenvalue weighted by atomic mass is 19.1. The quantitative estimate of drug-likeness (QED) is 0.587. The first-order valence-electron chi connectivity index (χ1n) is 9.14. The maximum Gasteiger partial charge on any atom is 0.131 e. The van der Waals surface area contributed by atoms with Crippen molar-refractivity contribution in [1.29, 1.82) is 0 Å². The van der Waals surface area contributed by atoms with Gasteiger partial charge in [-0.05, 0) is 61.3 Å². The zero-order chi connectivity index (χ0) is 18.9. The first-order chi connectivity index (χ1) is 12.6. The average molecular weight is 352 g/mol. The van der Waals surface area contributed by atoms with Gasteiger partial charge < -0.3 is 4.79 Å². The summed E-state index contributed by atoms with van der Waals surface area (Å²) >= 11 is 0. The Kier molecular flexibility index (Phi) is 7.53. The molecule has 2 heteroatoms. The molecule has 0 aliphatic heterocycles. The Morgan fingerprint density at radius 2 is 1.96 bits per heavy atom. The molecule has 0 heterocycles. The van der Waals surface area contributed by atoms with Gasteiger partial charge in [0.1, 0.15) is 12.6 Å². The first-order valence-corrected chi connectivity index (χ1v) is 9.14. The second kappa shape index (κ2) is 9.86. The van der Waals surface area contributed by atoms with Crippen LogP contribution < -0.4 is 0 Å². The molecule has 0 amide bonds. The molecule has 0 fully saturated rings. The molecule has 3 rings (SSSR count). The van der Waals surface area contributed by atoms with E-state index in [0.717, 1.165) is 42.4 Å². The van der Waals surface area contributed by atoms with E-state index in [1.807, 2.05) is 18.9 Å². The van der Waals surface area contributed by atoms with Crippen molar-refractivity contribution in [3.63, 3.8) is 0 Å². The van der Waals surface area contributed by atoms with Gasteiger partial charge in [0.05, 0.1) is 0 Å². The van der Waals surface area contributed by atoms with Gasteiger partial charge in [-0.25, -0.2) is 4.39 Å². The monoisotopic (exact) mass is 352 g/mol. The summed E-state index contributed by atoms with van der Waals surface area (Å²) in [5.74, 6) is 0.248. The van der Waals surface area contributed by atoms with Crippen LogP contribution in [-0.2, 0) is 11.2 Å². The predicted octanol–water partition coefficient (Wildman–Crippen LogP) is 6.66. The molecule has 0 aromatic heterocycles. The highest BCUT2D eigenvalue weighted by Crippen LogP contribution is 2.28. The first kappa shape index (κ1) is 19.8. The van der Waals surface area contributed by atoms with Crippen molar-refractivity contribution in [2.75, 3.05) is 0 Å². The molecule has 0 saturated heterocycles. The summed E-state index contributed by atoms with van der Waals surface area (Å²) in [5.41, 5.74) is 5.48.